The van der Waals surface area contributed by atoms with E-state index in [1.807, 2.05) is 24.3 Å². The summed E-state index contributed by atoms with van der Waals surface area (Å²) in [4.78, 5) is 14.4. The SMILES string of the molecule is O=C1[C@H](Cc2ccc(OCc3ccc(F)cc3)cc2)SC(=S)N1Cc1ccc(F)cc1. The second-order valence-electron chi connectivity index (χ2n) is 7.19. The number of thioether (sulfide) groups is 1. The van der Waals surface area contributed by atoms with Crippen LogP contribution in [0.5, 0.6) is 5.75 Å². The first-order valence-corrected chi connectivity index (χ1v) is 11.0. The normalized spacial score (nSPS) is 16.1. The van der Waals surface area contributed by atoms with Crippen LogP contribution in [0.15, 0.2) is 72.8 Å². The van der Waals surface area contributed by atoms with Gasteiger partial charge in [0.25, 0.3) is 0 Å². The van der Waals surface area contributed by atoms with Gasteiger partial charge in [-0.15, -0.1) is 0 Å². The molecule has 0 aliphatic carbocycles. The van der Waals surface area contributed by atoms with Gasteiger partial charge in [-0.3, -0.25) is 9.69 Å². The first kappa shape index (κ1) is 21.5. The molecule has 1 amide bonds. The van der Waals surface area contributed by atoms with Gasteiger partial charge in [0.05, 0.1) is 11.8 Å². The first-order valence-electron chi connectivity index (χ1n) is 9.70. The third-order valence-corrected chi connectivity index (χ3v) is 6.51. The molecule has 3 aromatic rings. The molecule has 158 valence electrons. The third kappa shape index (κ3) is 5.48. The summed E-state index contributed by atoms with van der Waals surface area (Å²) in [5, 5.41) is -0.279. The standard InChI is InChI=1S/C24H19F2NO2S2/c25-19-7-1-17(2-8-19)14-27-23(28)22(31-24(27)30)13-16-5-11-21(12-6-16)29-15-18-3-9-20(26)10-4-18/h1-12,22H,13-15H2/t22-/m0/s1. The number of hydrogen-bond acceptors (Lipinski definition) is 4. The number of rotatable bonds is 7. The van der Waals surface area contributed by atoms with Crippen LogP contribution in [0.25, 0.3) is 0 Å². The van der Waals surface area contributed by atoms with Gasteiger partial charge in [-0.1, -0.05) is 60.4 Å². The van der Waals surface area contributed by atoms with Crippen LogP contribution in [0, 0.1) is 11.6 Å². The Labute approximate surface area is 189 Å². The van der Waals surface area contributed by atoms with Crippen molar-refractivity contribution < 1.29 is 18.3 Å². The maximum atomic E-state index is 13.1. The van der Waals surface area contributed by atoms with Gasteiger partial charge in [0.2, 0.25) is 5.91 Å². The van der Waals surface area contributed by atoms with Gasteiger partial charge >= 0.3 is 0 Å². The second-order valence-corrected chi connectivity index (χ2v) is 9.02. The number of halogens is 2. The highest BCUT2D eigenvalue weighted by molar-refractivity contribution is 8.24. The summed E-state index contributed by atoms with van der Waals surface area (Å²) in [5.41, 5.74) is 2.72. The van der Waals surface area contributed by atoms with E-state index in [4.69, 9.17) is 17.0 Å². The lowest BCUT2D eigenvalue weighted by molar-refractivity contribution is -0.126. The number of amides is 1. The molecule has 0 spiro atoms. The van der Waals surface area contributed by atoms with Crippen LogP contribution in [-0.4, -0.2) is 20.4 Å². The molecule has 0 N–H and O–H groups in total. The van der Waals surface area contributed by atoms with E-state index >= 15 is 0 Å². The number of carbonyl (C=O) groups excluding carboxylic acids is 1. The molecule has 31 heavy (non-hydrogen) atoms. The molecule has 1 heterocycles. The highest BCUT2D eigenvalue weighted by Gasteiger charge is 2.36. The summed E-state index contributed by atoms with van der Waals surface area (Å²) in [5.74, 6) is 0.0856. The van der Waals surface area contributed by atoms with Crippen LogP contribution in [-0.2, 0) is 24.4 Å². The zero-order valence-corrected chi connectivity index (χ0v) is 18.1. The predicted molar refractivity (Wildman–Crippen MR) is 122 cm³/mol. The van der Waals surface area contributed by atoms with Gasteiger partial charge in [-0.2, -0.15) is 0 Å². The van der Waals surface area contributed by atoms with Gasteiger partial charge in [0, 0.05) is 0 Å². The van der Waals surface area contributed by atoms with Crippen molar-refractivity contribution in [3.05, 3.63) is 101 Å². The minimum absolute atomic E-state index is 0.0315. The monoisotopic (exact) mass is 455 g/mol. The van der Waals surface area contributed by atoms with Crippen LogP contribution in [0.2, 0.25) is 0 Å². The minimum Gasteiger partial charge on any atom is -0.489 e. The van der Waals surface area contributed by atoms with Gasteiger partial charge in [-0.05, 0) is 59.5 Å². The summed E-state index contributed by atoms with van der Waals surface area (Å²) in [6.07, 6.45) is 0.557. The molecular formula is C24H19F2NO2S2. The molecule has 0 radical (unpaired) electrons. The number of thiocarbonyl (C=S) groups is 1. The third-order valence-electron chi connectivity index (χ3n) is 4.92. The predicted octanol–water partition coefficient (Wildman–Crippen LogP) is 5.52. The van der Waals surface area contributed by atoms with Crippen LogP contribution < -0.4 is 4.74 Å². The number of nitrogens with zero attached hydrogens (tertiary/aromatic N) is 1. The molecule has 3 aromatic carbocycles. The Bertz CT molecular complexity index is 1070. The molecule has 1 aliphatic rings. The summed E-state index contributed by atoms with van der Waals surface area (Å²) in [6, 6.07) is 19.8. The van der Waals surface area contributed by atoms with Crippen LogP contribution in [0.3, 0.4) is 0 Å². The second kappa shape index (κ2) is 9.58. The van der Waals surface area contributed by atoms with Crippen molar-refractivity contribution in [1.82, 2.24) is 4.90 Å². The maximum absolute atomic E-state index is 13.1. The van der Waals surface area contributed by atoms with Crippen LogP contribution in [0.4, 0.5) is 8.78 Å². The van der Waals surface area contributed by atoms with E-state index in [2.05, 4.69) is 0 Å². The van der Waals surface area contributed by atoms with Crippen molar-refractivity contribution in [3.63, 3.8) is 0 Å². The maximum Gasteiger partial charge on any atom is 0.242 e. The molecule has 3 nitrogen and oxygen atoms in total. The fraction of sp³-hybridized carbons (Fsp3) is 0.167. The minimum atomic E-state index is -0.309. The van der Waals surface area contributed by atoms with E-state index in [1.165, 1.54) is 36.0 Å². The highest BCUT2D eigenvalue weighted by Crippen LogP contribution is 2.31. The molecule has 7 heteroatoms. The number of ether oxygens (including phenoxy) is 1. The Morgan fingerprint density at radius 2 is 1.39 bits per heavy atom. The van der Waals surface area contributed by atoms with Crippen molar-refractivity contribution in [2.45, 2.75) is 24.8 Å². The lowest BCUT2D eigenvalue weighted by atomic mass is 10.1. The molecule has 0 saturated carbocycles. The Morgan fingerprint density at radius 1 is 0.839 bits per heavy atom. The van der Waals surface area contributed by atoms with Gasteiger partial charge < -0.3 is 4.74 Å². The quantitative estimate of drug-likeness (QED) is 0.439. The summed E-state index contributed by atoms with van der Waals surface area (Å²) < 4.78 is 32.3. The van der Waals surface area contributed by atoms with E-state index in [0.29, 0.717) is 29.6 Å². The van der Waals surface area contributed by atoms with E-state index in [1.54, 1.807) is 29.2 Å². The van der Waals surface area contributed by atoms with Crippen molar-refractivity contribution in [2.75, 3.05) is 0 Å². The van der Waals surface area contributed by atoms with E-state index < -0.39 is 0 Å². The fourth-order valence-electron chi connectivity index (χ4n) is 3.23. The number of benzene rings is 3. The van der Waals surface area contributed by atoms with Gasteiger partial charge in [-0.25, -0.2) is 8.78 Å². The zero-order chi connectivity index (χ0) is 21.8. The topological polar surface area (TPSA) is 29.5 Å². The molecule has 1 saturated heterocycles. The van der Waals surface area contributed by atoms with E-state index in [0.717, 1.165) is 16.7 Å². The molecule has 1 atom stereocenters. The van der Waals surface area contributed by atoms with Crippen molar-refractivity contribution in [1.29, 1.82) is 0 Å². The number of hydrogen-bond donors (Lipinski definition) is 0. The molecule has 4 rings (SSSR count). The smallest absolute Gasteiger partial charge is 0.242 e. The lowest BCUT2D eigenvalue weighted by Gasteiger charge is -2.15. The Balaban J connectivity index is 1.33. The summed E-state index contributed by atoms with van der Waals surface area (Å²) in [6.45, 7) is 0.695. The highest BCUT2D eigenvalue weighted by atomic mass is 32.2. The average Bonchev–Trinajstić information content (AvgIpc) is 3.03. The molecule has 1 aliphatic heterocycles. The Kier molecular flexibility index (Phi) is 6.63. The Morgan fingerprint density at radius 3 is 2.00 bits per heavy atom. The Hall–Kier alpha value is -2.77. The number of carbonyl (C=O) groups is 1. The molecule has 0 unspecified atom stereocenters. The summed E-state index contributed by atoms with van der Waals surface area (Å²) >= 11 is 6.78. The first-order chi connectivity index (χ1) is 15.0. The molecule has 0 aromatic heterocycles. The van der Waals surface area contributed by atoms with Crippen LogP contribution in [0.1, 0.15) is 16.7 Å². The average molecular weight is 456 g/mol. The lowest BCUT2D eigenvalue weighted by Crippen LogP contribution is -2.31. The summed E-state index contributed by atoms with van der Waals surface area (Å²) in [7, 11) is 0. The molecule has 0 bridgehead atoms. The van der Waals surface area contributed by atoms with Crippen molar-refractivity contribution in [2.24, 2.45) is 0 Å². The van der Waals surface area contributed by atoms with E-state index in [9.17, 15) is 13.6 Å². The fourth-order valence-corrected chi connectivity index (χ4v) is 4.76. The van der Waals surface area contributed by atoms with Gasteiger partial charge in [0.15, 0.2) is 0 Å². The zero-order valence-electron chi connectivity index (χ0n) is 16.5. The largest absolute Gasteiger partial charge is 0.489 e. The molecule has 1 fully saturated rings. The molecular weight excluding hydrogens is 436 g/mol. The van der Waals surface area contributed by atoms with Crippen molar-refractivity contribution >= 4 is 34.2 Å². The van der Waals surface area contributed by atoms with Gasteiger partial charge in [0.1, 0.15) is 28.3 Å². The van der Waals surface area contributed by atoms with Crippen molar-refractivity contribution in [3.8, 4) is 5.75 Å². The van der Waals surface area contributed by atoms with E-state index in [-0.39, 0.29) is 22.8 Å². The van der Waals surface area contributed by atoms with Crippen LogP contribution >= 0.6 is 24.0 Å².